The van der Waals surface area contributed by atoms with Crippen LogP contribution in [0.2, 0.25) is 0 Å². The lowest BCUT2D eigenvalue weighted by molar-refractivity contribution is 0.00502. The van der Waals surface area contributed by atoms with E-state index in [4.69, 9.17) is 4.84 Å². The van der Waals surface area contributed by atoms with Gasteiger partial charge in [0.2, 0.25) is 0 Å². The summed E-state index contributed by atoms with van der Waals surface area (Å²) in [6.07, 6.45) is 6.91. The van der Waals surface area contributed by atoms with Crippen molar-refractivity contribution in [3.63, 3.8) is 0 Å². The lowest BCUT2D eigenvalue weighted by Gasteiger charge is -2.30. The second-order valence-electron chi connectivity index (χ2n) is 3.73. The molecule has 1 fully saturated rings. The lowest BCUT2D eigenvalue weighted by atomic mass is 9.78. The lowest BCUT2D eigenvalue weighted by Crippen LogP contribution is -2.25. The van der Waals surface area contributed by atoms with Crippen LogP contribution < -0.4 is 5.48 Å². The highest BCUT2D eigenvalue weighted by Crippen LogP contribution is 2.31. The zero-order valence-electron chi connectivity index (χ0n) is 8.31. The van der Waals surface area contributed by atoms with Crippen molar-refractivity contribution in [3.8, 4) is 0 Å². The Morgan fingerprint density at radius 1 is 1.25 bits per heavy atom. The van der Waals surface area contributed by atoms with E-state index in [1.165, 1.54) is 32.1 Å². The second-order valence-corrected chi connectivity index (χ2v) is 3.73. The van der Waals surface area contributed by atoms with Gasteiger partial charge in [-0.25, -0.2) is 5.48 Å². The van der Waals surface area contributed by atoms with Gasteiger partial charge in [-0.05, 0) is 18.3 Å². The molecule has 1 unspecified atom stereocenters. The predicted molar refractivity (Wildman–Crippen MR) is 50.8 cm³/mol. The van der Waals surface area contributed by atoms with Crippen molar-refractivity contribution < 1.29 is 4.84 Å². The Labute approximate surface area is 75.6 Å². The van der Waals surface area contributed by atoms with Gasteiger partial charge < -0.3 is 4.84 Å². The maximum Gasteiger partial charge on any atom is 0.0712 e. The zero-order chi connectivity index (χ0) is 8.81. The Morgan fingerprint density at radius 2 is 1.92 bits per heavy atom. The van der Waals surface area contributed by atoms with E-state index < -0.39 is 0 Å². The van der Waals surface area contributed by atoms with Gasteiger partial charge in [0.1, 0.15) is 0 Å². The van der Waals surface area contributed by atoms with Crippen molar-refractivity contribution in [1.82, 2.24) is 5.48 Å². The molecule has 0 aromatic rings. The highest BCUT2D eigenvalue weighted by molar-refractivity contribution is 4.73. The first-order valence-corrected chi connectivity index (χ1v) is 5.17. The van der Waals surface area contributed by atoms with Crippen LogP contribution >= 0.6 is 0 Å². The van der Waals surface area contributed by atoms with Gasteiger partial charge in [0, 0.05) is 7.05 Å². The Balaban J connectivity index is 2.26. The average Bonchev–Trinajstić information content (AvgIpc) is 2.15. The van der Waals surface area contributed by atoms with Crippen LogP contribution in [-0.4, -0.2) is 13.7 Å². The maximum absolute atomic E-state index is 5.26. The van der Waals surface area contributed by atoms with Crippen LogP contribution in [0.25, 0.3) is 0 Å². The summed E-state index contributed by atoms with van der Waals surface area (Å²) in [7, 11) is 1.84. The molecule has 1 saturated carbocycles. The second kappa shape index (κ2) is 5.55. The normalized spacial score (nSPS) is 30.5. The summed E-state index contributed by atoms with van der Waals surface area (Å²) in [6.45, 7) is 3.19. The molecule has 0 radical (unpaired) electrons. The van der Waals surface area contributed by atoms with E-state index >= 15 is 0 Å². The molecular formula is C10H21NO. The van der Waals surface area contributed by atoms with Gasteiger partial charge in [0.15, 0.2) is 0 Å². The maximum atomic E-state index is 5.26. The molecule has 0 bridgehead atoms. The molecule has 1 N–H and O–H groups in total. The van der Waals surface area contributed by atoms with Gasteiger partial charge in [-0.15, -0.1) is 0 Å². The van der Waals surface area contributed by atoms with Gasteiger partial charge in [-0.1, -0.05) is 32.6 Å². The summed E-state index contributed by atoms with van der Waals surface area (Å²) >= 11 is 0. The fourth-order valence-electron chi connectivity index (χ4n) is 2.23. The van der Waals surface area contributed by atoms with Crippen molar-refractivity contribution >= 4 is 0 Å². The molecule has 1 aliphatic rings. The summed E-state index contributed by atoms with van der Waals surface area (Å²) in [6, 6.07) is 0. The Hall–Kier alpha value is -0.0800. The molecule has 0 heterocycles. The van der Waals surface area contributed by atoms with Crippen LogP contribution in [-0.2, 0) is 4.84 Å². The minimum atomic E-state index is 0.802. The molecule has 0 amide bonds. The molecule has 0 saturated heterocycles. The minimum Gasteiger partial charge on any atom is -0.302 e. The first-order chi connectivity index (χ1) is 5.88. The van der Waals surface area contributed by atoms with Crippen molar-refractivity contribution in [1.29, 1.82) is 0 Å². The molecule has 2 heteroatoms. The third kappa shape index (κ3) is 2.76. The van der Waals surface area contributed by atoms with Gasteiger partial charge in [0.25, 0.3) is 0 Å². The fraction of sp³-hybridized carbons (Fsp3) is 1.00. The highest BCUT2D eigenvalue weighted by Gasteiger charge is 2.23. The number of hydrogen-bond acceptors (Lipinski definition) is 2. The van der Waals surface area contributed by atoms with Crippen LogP contribution in [0.4, 0.5) is 0 Å². The third-order valence-electron chi connectivity index (χ3n) is 3.03. The molecule has 72 valence electrons. The third-order valence-corrected chi connectivity index (χ3v) is 3.03. The zero-order valence-corrected chi connectivity index (χ0v) is 8.31. The van der Waals surface area contributed by atoms with E-state index in [1.807, 2.05) is 7.05 Å². The number of hydroxylamine groups is 1. The van der Waals surface area contributed by atoms with Crippen LogP contribution in [0.5, 0.6) is 0 Å². The Kier molecular flexibility index (Phi) is 4.62. The van der Waals surface area contributed by atoms with Gasteiger partial charge in [-0.2, -0.15) is 0 Å². The van der Waals surface area contributed by atoms with E-state index in [1.54, 1.807) is 0 Å². The molecule has 0 aromatic carbocycles. The highest BCUT2D eigenvalue weighted by atomic mass is 16.6. The summed E-state index contributed by atoms with van der Waals surface area (Å²) in [5.74, 6) is 1.71. The topological polar surface area (TPSA) is 21.3 Å². The fourth-order valence-corrected chi connectivity index (χ4v) is 2.23. The SMILES string of the molecule is CC[C@@H]1CCCCC1CONC. The number of nitrogens with one attached hydrogen (secondary N) is 1. The van der Waals surface area contributed by atoms with E-state index in [9.17, 15) is 0 Å². The average molecular weight is 171 g/mol. The summed E-state index contributed by atoms with van der Waals surface area (Å²) in [5, 5.41) is 0. The summed E-state index contributed by atoms with van der Waals surface area (Å²) in [5.41, 5.74) is 2.76. The summed E-state index contributed by atoms with van der Waals surface area (Å²) < 4.78 is 0. The van der Waals surface area contributed by atoms with Gasteiger partial charge >= 0.3 is 0 Å². The molecule has 1 aliphatic carbocycles. The minimum absolute atomic E-state index is 0.802. The van der Waals surface area contributed by atoms with Crippen LogP contribution in [0.15, 0.2) is 0 Å². The van der Waals surface area contributed by atoms with E-state index in [0.717, 1.165) is 18.4 Å². The van der Waals surface area contributed by atoms with Crippen molar-refractivity contribution in [2.75, 3.05) is 13.7 Å². The first kappa shape index (κ1) is 10.0. The Morgan fingerprint density at radius 3 is 2.50 bits per heavy atom. The summed E-state index contributed by atoms with van der Waals surface area (Å²) in [4.78, 5) is 5.26. The first-order valence-electron chi connectivity index (χ1n) is 5.17. The monoisotopic (exact) mass is 171 g/mol. The van der Waals surface area contributed by atoms with E-state index in [2.05, 4.69) is 12.4 Å². The Bertz CT molecular complexity index is 116. The van der Waals surface area contributed by atoms with E-state index in [0.29, 0.717) is 0 Å². The molecule has 2 nitrogen and oxygen atoms in total. The number of hydrogen-bond donors (Lipinski definition) is 1. The van der Waals surface area contributed by atoms with Gasteiger partial charge in [0.05, 0.1) is 6.61 Å². The quantitative estimate of drug-likeness (QED) is 0.656. The van der Waals surface area contributed by atoms with Crippen molar-refractivity contribution in [2.45, 2.75) is 39.0 Å². The molecule has 1 rings (SSSR count). The molecular weight excluding hydrogens is 150 g/mol. The standard InChI is InChI=1S/C10H21NO/c1-3-9-6-4-5-7-10(9)8-12-11-2/h9-11H,3-8H2,1-2H3/t9-,10?/m1/s1. The van der Waals surface area contributed by atoms with Crippen molar-refractivity contribution in [2.24, 2.45) is 11.8 Å². The number of rotatable bonds is 4. The smallest absolute Gasteiger partial charge is 0.0712 e. The van der Waals surface area contributed by atoms with Crippen molar-refractivity contribution in [3.05, 3.63) is 0 Å². The molecule has 12 heavy (non-hydrogen) atoms. The molecule has 0 spiro atoms. The molecule has 2 atom stereocenters. The molecule has 0 aliphatic heterocycles. The van der Waals surface area contributed by atoms with Gasteiger partial charge in [-0.3, -0.25) is 0 Å². The van der Waals surface area contributed by atoms with Crippen LogP contribution in [0.1, 0.15) is 39.0 Å². The largest absolute Gasteiger partial charge is 0.302 e. The predicted octanol–water partition coefficient (Wildman–Crippen LogP) is 2.35. The van der Waals surface area contributed by atoms with Crippen LogP contribution in [0.3, 0.4) is 0 Å². The van der Waals surface area contributed by atoms with E-state index in [-0.39, 0.29) is 0 Å². The van der Waals surface area contributed by atoms with Crippen LogP contribution in [0, 0.1) is 11.8 Å². The molecule has 0 aromatic heterocycles.